The molecule has 0 aliphatic carbocycles. The van der Waals surface area contributed by atoms with Crippen molar-refractivity contribution in [2.24, 2.45) is 0 Å². The van der Waals surface area contributed by atoms with E-state index in [0.717, 1.165) is 22.7 Å². The molecule has 0 spiro atoms. The minimum Gasteiger partial charge on any atom is -0.492 e. The lowest BCUT2D eigenvalue weighted by molar-refractivity contribution is 0.316. The van der Waals surface area contributed by atoms with Gasteiger partial charge in [-0.3, -0.25) is 4.98 Å². The van der Waals surface area contributed by atoms with E-state index in [0.29, 0.717) is 11.7 Å². The van der Waals surface area contributed by atoms with Crippen LogP contribution in [-0.4, -0.2) is 21.8 Å². The summed E-state index contributed by atoms with van der Waals surface area (Å²) in [6, 6.07) is 1.89. The molecule has 84 valence electrons. The quantitative estimate of drug-likeness (QED) is 0.878. The van der Waals surface area contributed by atoms with Gasteiger partial charge in [0, 0.05) is 11.8 Å². The van der Waals surface area contributed by atoms with E-state index in [-0.39, 0.29) is 0 Å². The second-order valence-corrected chi connectivity index (χ2v) is 4.21. The first-order chi connectivity index (χ1) is 7.79. The maximum Gasteiger partial charge on any atom is 0.203 e. The molecule has 0 unspecified atom stereocenters. The molecule has 0 atom stereocenters. The van der Waals surface area contributed by atoms with Gasteiger partial charge in [-0.05, 0) is 12.5 Å². The Balaban J connectivity index is 2.22. The molecule has 0 saturated carbocycles. The SMILES string of the molecule is CCCOc1cncc(-c2nnc(N)s2)c1. The third-order valence-electron chi connectivity index (χ3n) is 1.87. The summed E-state index contributed by atoms with van der Waals surface area (Å²) in [5.41, 5.74) is 6.41. The van der Waals surface area contributed by atoms with E-state index in [1.165, 1.54) is 11.3 Å². The number of aromatic nitrogens is 3. The predicted molar refractivity (Wildman–Crippen MR) is 63.3 cm³/mol. The Morgan fingerprint density at radius 3 is 2.94 bits per heavy atom. The van der Waals surface area contributed by atoms with Gasteiger partial charge >= 0.3 is 0 Å². The lowest BCUT2D eigenvalue weighted by atomic mass is 10.3. The van der Waals surface area contributed by atoms with E-state index < -0.39 is 0 Å². The zero-order chi connectivity index (χ0) is 11.4. The molecule has 2 heterocycles. The molecule has 0 saturated heterocycles. The van der Waals surface area contributed by atoms with Crippen LogP contribution in [0.3, 0.4) is 0 Å². The van der Waals surface area contributed by atoms with Crippen molar-refractivity contribution in [1.82, 2.24) is 15.2 Å². The lowest BCUT2D eigenvalue weighted by Crippen LogP contribution is -1.95. The highest BCUT2D eigenvalue weighted by Crippen LogP contribution is 2.26. The molecular formula is C10H12N4OS. The van der Waals surface area contributed by atoms with Crippen LogP contribution in [0.15, 0.2) is 18.5 Å². The van der Waals surface area contributed by atoms with Crippen LogP contribution in [0.4, 0.5) is 5.13 Å². The molecule has 2 N–H and O–H groups in total. The lowest BCUT2D eigenvalue weighted by Gasteiger charge is -2.04. The van der Waals surface area contributed by atoms with Gasteiger partial charge < -0.3 is 10.5 Å². The Kier molecular flexibility index (Phi) is 3.31. The van der Waals surface area contributed by atoms with Crippen LogP contribution in [0.25, 0.3) is 10.6 Å². The summed E-state index contributed by atoms with van der Waals surface area (Å²) in [5.74, 6) is 0.744. The van der Waals surface area contributed by atoms with E-state index in [2.05, 4.69) is 22.1 Å². The first kappa shape index (κ1) is 10.8. The number of nitrogens with zero attached hydrogens (tertiary/aromatic N) is 3. The number of ether oxygens (including phenoxy) is 1. The van der Waals surface area contributed by atoms with Gasteiger partial charge in [0.15, 0.2) is 5.01 Å². The van der Waals surface area contributed by atoms with E-state index in [1.54, 1.807) is 12.4 Å². The number of nitrogen functional groups attached to an aromatic ring is 1. The van der Waals surface area contributed by atoms with Crippen molar-refractivity contribution >= 4 is 16.5 Å². The Labute approximate surface area is 97.3 Å². The van der Waals surface area contributed by atoms with Crippen LogP contribution in [-0.2, 0) is 0 Å². The fourth-order valence-corrected chi connectivity index (χ4v) is 1.78. The number of nitrogens with two attached hydrogens (primary N) is 1. The van der Waals surface area contributed by atoms with Crippen LogP contribution in [0.1, 0.15) is 13.3 Å². The summed E-state index contributed by atoms with van der Waals surface area (Å²) in [7, 11) is 0. The van der Waals surface area contributed by atoms with E-state index in [1.807, 2.05) is 6.07 Å². The van der Waals surface area contributed by atoms with E-state index in [9.17, 15) is 0 Å². The average molecular weight is 236 g/mol. The molecular weight excluding hydrogens is 224 g/mol. The van der Waals surface area contributed by atoms with Gasteiger partial charge in [-0.25, -0.2) is 0 Å². The van der Waals surface area contributed by atoms with Crippen molar-refractivity contribution in [1.29, 1.82) is 0 Å². The Morgan fingerprint density at radius 1 is 1.38 bits per heavy atom. The molecule has 0 amide bonds. The topological polar surface area (TPSA) is 73.9 Å². The summed E-state index contributed by atoms with van der Waals surface area (Å²) in [5, 5.41) is 8.93. The number of rotatable bonds is 4. The smallest absolute Gasteiger partial charge is 0.203 e. The van der Waals surface area contributed by atoms with Crippen molar-refractivity contribution < 1.29 is 4.74 Å². The first-order valence-corrected chi connectivity index (χ1v) is 5.78. The zero-order valence-electron chi connectivity index (χ0n) is 8.88. The van der Waals surface area contributed by atoms with Gasteiger partial charge in [0.05, 0.1) is 12.8 Å². The molecule has 6 heteroatoms. The number of hydrogen-bond donors (Lipinski definition) is 1. The Bertz CT molecular complexity index is 471. The molecule has 2 aromatic rings. The van der Waals surface area contributed by atoms with Crippen LogP contribution in [0, 0.1) is 0 Å². The highest BCUT2D eigenvalue weighted by molar-refractivity contribution is 7.18. The summed E-state index contributed by atoms with van der Waals surface area (Å²) >= 11 is 1.33. The van der Waals surface area contributed by atoms with Crippen molar-refractivity contribution in [2.45, 2.75) is 13.3 Å². The van der Waals surface area contributed by atoms with E-state index in [4.69, 9.17) is 10.5 Å². The normalized spacial score (nSPS) is 10.3. The molecule has 0 bridgehead atoms. The minimum absolute atomic E-state index is 0.454. The number of anilines is 1. The Hall–Kier alpha value is -1.69. The van der Waals surface area contributed by atoms with Crippen LogP contribution >= 0.6 is 11.3 Å². The average Bonchev–Trinajstić information content (AvgIpc) is 2.74. The van der Waals surface area contributed by atoms with Crippen LogP contribution < -0.4 is 10.5 Å². The molecule has 0 aliphatic rings. The summed E-state index contributed by atoms with van der Waals surface area (Å²) < 4.78 is 5.49. The second-order valence-electron chi connectivity index (χ2n) is 3.20. The predicted octanol–water partition coefficient (Wildman–Crippen LogP) is 1.97. The summed E-state index contributed by atoms with van der Waals surface area (Å²) in [6.45, 7) is 2.74. The highest BCUT2D eigenvalue weighted by Gasteiger charge is 2.06. The maximum absolute atomic E-state index is 5.53. The zero-order valence-corrected chi connectivity index (χ0v) is 9.70. The van der Waals surface area contributed by atoms with Crippen LogP contribution in [0.2, 0.25) is 0 Å². The standard InChI is InChI=1S/C10H12N4OS/c1-2-3-15-8-4-7(5-12-6-8)9-13-14-10(11)16-9/h4-6H,2-3H2,1H3,(H2,11,14). The molecule has 0 fully saturated rings. The van der Waals surface area contributed by atoms with Gasteiger partial charge in [-0.2, -0.15) is 0 Å². The van der Waals surface area contributed by atoms with Crippen molar-refractivity contribution in [3.8, 4) is 16.3 Å². The molecule has 2 aromatic heterocycles. The van der Waals surface area contributed by atoms with Gasteiger partial charge in [0.1, 0.15) is 5.75 Å². The van der Waals surface area contributed by atoms with Gasteiger partial charge in [0.25, 0.3) is 0 Å². The van der Waals surface area contributed by atoms with Crippen molar-refractivity contribution in [2.75, 3.05) is 12.3 Å². The van der Waals surface area contributed by atoms with Gasteiger partial charge in [-0.15, -0.1) is 10.2 Å². The third kappa shape index (κ3) is 2.46. The van der Waals surface area contributed by atoms with Crippen LogP contribution in [0.5, 0.6) is 5.75 Å². The van der Waals surface area contributed by atoms with Crippen molar-refractivity contribution in [3.63, 3.8) is 0 Å². The van der Waals surface area contributed by atoms with E-state index >= 15 is 0 Å². The Morgan fingerprint density at radius 2 is 2.25 bits per heavy atom. The summed E-state index contributed by atoms with van der Waals surface area (Å²) in [6.07, 6.45) is 4.37. The monoisotopic (exact) mass is 236 g/mol. The molecule has 0 aromatic carbocycles. The fraction of sp³-hybridized carbons (Fsp3) is 0.300. The first-order valence-electron chi connectivity index (χ1n) is 4.97. The number of hydrogen-bond acceptors (Lipinski definition) is 6. The molecule has 16 heavy (non-hydrogen) atoms. The molecule has 2 rings (SSSR count). The largest absolute Gasteiger partial charge is 0.492 e. The second kappa shape index (κ2) is 4.89. The van der Waals surface area contributed by atoms with Crippen molar-refractivity contribution in [3.05, 3.63) is 18.5 Å². The highest BCUT2D eigenvalue weighted by atomic mass is 32.1. The maximum atomic E-state index is 5.53. The van der Waals surface area contributed by atoms with Gasteiger partial charge in [0.2, 0.25) is 5.13 Å². The molecule has 0 radical (unpaired) electrons. The van der Waals surface area contributed by atoms with Gasteiger partial charge in [-0.1, -0.05) is 18.3 Å². The number of pyridine rings is 1. The fourth-order valence-electron chi connectivity index (χ4n) is 1.19. The molecule has 0 aliphatic heterocycles. The summed E-state index contributed by atoms with van der Waals surface area (Å²) in [4.78, 5) is 4.10. The minimum atomic E-state index is 0.454. The third-order valence-corrected chi connectivity index (χ3v) is 2.68. The molecule has 5 nitrogen and oxygen atoms in total.